The maximum Gasteiger partial charge on any atom is 0.0726 e. The van der Waals surface area contributed by atoms with Crippen molar-refractivity contribution in [2.24, 2.45) is 11.7 Å². The highest BCUT2D eigenvalue weighted by Gasteiger charge is 2.32. The fourth-order valence-corrected chi connectivity index (χ4v) is 3.58. The van der Waals surface area contributed by atoms with E-state index in [9.17, 15) is 0 Å². The van der Waals surface area contributed by atoms with E-state index >= 15 is 0 Å². The Bertz CT molecular complexity index is 214. The van der Waals surface area contributed by atoms with Crippen molar-refractivity contribution in [1.29, 1.82) is 0 Å². The van der Waals surface area contributed by atoms with Crippen LogP contribution in [-0.4, -0.2) is 43.8 Å². The molecule has 0 bridgehead atoms. The standard InChI is InChI=1S/C14H28N2O/c1-17-14-5-3-2-4-13(14)16-10-7-12(6-9-15)8-11-16/h12-14H,2-11,15H2,1H3. The van der Waals surface area contributed by atoms with E-state index in [1.165, 1.54) is 58.0 Å². The number of methoxy groups -OCH3 is 1. The molecule has 1 heterocycles. The number of nitrogens with two attached hydrogens (primary N) is 1. The number of hydrogen-bond acceptors (Lipinski definition) is 3. The number of nitrogens with zero attached hydrogens (tertiary/aromatic N) is 1. The number of piperidine rings is 1. The maximum absolute atomic E-state index is 5.67. The molecule has 0 aromatic heterocycles. The molecule has 0 aromatic carbocycles. The molecule has 1 saturated carbocycles. The summed E-state index contributed by atoms with van der Waals surface area (Å²) in [5.74, 6) is 0.876. The minimum Gasteiger partial charge on any atom is -0.380 e. The summed E-state index contributed by atoms with van der Waals surface area (Å²) >= 11 is 0. The van der Waals surface area contributed by atoms with Gasteiger partial charge in [-0.3, -0.25) is 4.90 Å². The first-order valence-corrected chi connectivity index (χ1v) is 7.32. The van der Waals surface area contributed by atoms with Crippen LogP contribution in [0.3, 0.4) is 0 Å². The maximum atomic E-state index is 5.67. The molecule has 0 spiro atoms. The van der Waals surface area contributed by atoms with E-state index in [1.54, 1.807) is 0 Å². The van der Waals surface area contributed by atoms with Crippen molar-refractivity contribution in [3.05, 3.63) is 0 Å². The quantitative estimate of drug-likeness (QED) is 0.817. The molecule has 1 aliphatic heterocycles. The van der Waals surface area contributed by atoms with Crippen molar-refractivity contribution in [2.45, 2.75) is 57.1 Å². The van der Waals surface area contributed by atoms with Crippen LogP contribution in [-0.2, 0) is 4.74 Å². The molecule has 0 aromatic rings. The zero-order valence-corrected chi connectivity index (χ0v) is 11.2. The van der Waals surface area contributed by atoms with Crippen molar-refractivity contribution >= 4 is 0 Å². The van der Waals surface area contributed by atoms with Crippen LogP contribution in [0.4, 0.5) is 0 Å². The van der Waals surface area contributed by atoms with Crippen molar-refractivity contribution in [1.82, 2.24) is 4.90 Å². The first-order valence-electron chi connectivity index (χ1n) is 7.32. The summed E-state index contributed by atoms with van der Waals surface area (Å²) in [6, 6.07) is 0.688. The lowest BCUT2D eigenvalue weighted by Crippen LogP contribution is -2.49. The molecule has 2 rings (SSSR count). The van der Waals surface area contributed by atoms with Crippen LogP contribution < -0.4 is 5.73 Å². The summed E-state index contributed by atoms with van der Waals surface area (Å²) in [5.41, 5.74) is 5.65. The Labute approximate surface area is 106 Å². The highest BCUT2D eigenvalue weighted by atomic mass is 16.5. The number of likely N-dealkylation sites (tertiary alicyclic amines) is 1. The van der Waals surface area contributed by atoms with E-state index in [-0.39, 0.29) is 0 Å². The molecule has 1 aliphatic carbocycles. The molecule has 2 unspecified atom stereocenters. The molecule has 2 fully saturated rings. The molecule has 3 nitrogen and oxygen atoms in total. The number of ether oxygens (including phenoxy) is 1. The SMILES string of the molecule is COC1CCCCC1N1CCC(CCN)CC1. The lowest BCUT2D eigenvalue weighted by molar-refractivity contribution is -0.0224. The van der Waals surface area contributed by atoms with Gasteiger partial charge < -0.3 is 10.5 Å². The van der Waals surface area contributed by atoms with Crippen molar-refractivity contribution in [3.63, 3.8) is 0 Å². The molecular weight excluding hydrogens is 212 g/mol. The zero-order valence-electron chi connectivity index (χ0n) is 11.2. The largest absolute Gasteiger partial charge is 0.380 e. The van der Waals surface area contributed by atoms with E-state index in [0.717, 1.165) is 12.5 Å². The highest BCUT2D eigenvalue weighted by molar-refractivity contribution is 4.86. The van der Waals surface area contributed by atoms with E-state index in [0.29, 0.717) is 12.1 Å². The summed E-state index contributed by atoms with van der Waals surface area (Å²) < 4.78 is 5.67. The molecule has 0 radical (unpaired) electrons. The van der Waals surface area contributed by atoms with Crippen molar-refractivity contribution in [2.75, 3.05) is 26.7 Å². The van der Waals surface area contributed by atoms with Gasteiger partial charge in [0.25, 0.3) is 0 Å². The second-order valence-electron chi connectivity index (χ2n) is 5.68. The van der Waals surface area contributed by atoms with Crippen LogP contribution >= 0.6 is 0 Å². The van der Waals surface area contributed by atoms with E-state index in [1.807, 2.05) is 7.11 Å². The van der Waals surface area contributed by atoms with Crippen LogP contribution in [0.5, 0.6) is 0 Å². The van der Waals surface area contributed by atoms with E-state index < -0.39 is 0 Å². The van der Waals surface area contributed by atoms with Crippen LogP contribution in [0.2, 0.25) is 0 Å². The van der Waals surface area contributed by atoms with Crippen LogP contribution in [0.15, 0.2) is 0 Å². The molecular formula is C14H28N2O. The van der Waals surface area contributed by atoms with E-state index in [2.05, 4.69) is 4.90 Å². The minimum absolute atomic E-state index is 0.481. The van der Waals surface area contributed by atoms with Gasteiger partial charge in [0, 0.05) is 13.2 Å². The highest BCUT2D eigenvalue weighted by Crippen LogP contribution is 2.29. The van der Waals surface area contributed by atoms with Crippen molar-refractivity contribution < 1.29 is 4.74 Å². The summed E-state index contributed by atoms with van der Waals surface area (Å²) in [6.45, 7) is 3.37. The summed E-state index contributed by atoms with van der Waals surface area (Å²) in [7, 11) is 1.88. The first kappa shape index (κ1) is 13.3. The van der Waals surface area contributed by atoms with Gasteiger partial charge in [-0.25, -0.2) is 0 Å². The molecule has 100 valence electrons. The lowest BCUT2D eigenvalue weighted by Gasteiger charge is -2.42. The predicted octanol–water partition coefficient (Wildman–Crippen LogP) is 2.00. The predicted molar refractivity (Wildman–Crippen MR) is 71.0 cm³/mol. The molecule has 0 amide bonds. The Morgan fingerprint density at radius 3 is 2.47 bits per heavy atom. The Kier molecular flexibility index (Phi) is 5.26. The van der Waals surface area contributed by atoms with Gasteiger partial charge in [0.1, 0.15) is 0 Å². The van der Waals surface area contributed by atoms with Gasteiger partial charge >= 0.3 is 0 Å². The third kappa shape index (κ3) is 3.43. The van der Waals surface area contributed by atoms with Gasteiger partial charge in [-0.05, 0) is 57.7 Å². The second-order valence-corrected chi connectivity index (χ2v) is 5.68. The summed E-state index contributed by atoms with van der Waals surface area (Å²) in [6.07, 6.45) is 9.69. The smallest absolute Gasteiger partial charge is 0.0726 e. The Balaban J connectivity index is 1.82. The van der Waals surface area contributed by atoms with Gasteiger partial charge in [0.2, 0.25) is 0 Å². The molecule has 2 atom stereocenters. The third-order valence-corrected chi connectivity index (χ3v) is 4.66. The zero-order chi connectivity index (χ0) is 12.1. The Morgan fingerprint density at radius 1 is 1.12 bits per heavy atom. The average Bonchev–Trinajstić information content (AvgIpc) is 2.40. The van der Waals surface area contributed by atoms with Gasteiger partial charge in [0.05, 0.1) is 6.10 Å². The first-order chi connectivity index (χ1) is 8.35. The van der Waals surface area contributed by atoms with Gasteiger partial charge in [-0.1, -0.05) is 12.8 Å². The topological polar surface area (TPSA) is 38.5 Å². The number of hydrogen-bond donors (Lipinski definition) is 1. The average molecular weight is 240 g/mol. The second kappa shape index (κ2) is 6.72. The molecule has 2 N–H and O–H groups in total. The minimum atomic E-state index is 0.481. The lowest BCUT2D eigenvalue weighted by atomic mass is 9.87. The van der Waals surface area contributed by atoms with Crippen LogP contribution in [0.1, 0.15) is 44.9 Å². The fraction of sp³-hybridized carbons (Fsp3) is 1.00. The monoisotopic (exact) mass is 240 g/mol. The molecule has 1 saturated heterocycles. The van der Waals surface area contributed by atoms with Crippen molar-refractivity contribution in [3.8, 4) is 0 Å². The van der Waals surface area contributed by atoms with Crippen LogP contribution in [0, 0.1) is 5.92 Å². The number of rotatable bonds is 4. The van der Waals surface area contributed by atoms with Gasteiger partial charge in [0.15, 0.2) is 0 Å². The third-order valence-electron chi connectivity index (χ3n) is 4.66. The molecule has 2 aliphatic rings. The Hall–Kier alpha value is -0.120. The summed E-state index contributed by atoms with van der Waals surface area (Å²) in [4.78, 5) is 2.68. The molecule has 3 heteroatoms. The Morgan fingerprint density at radius 2 is 1.82 bits per heavy atom. The van der Waals surface area contributed by atoms with E-state index in [4.69, 9.17) is 10.5 Å². The summed E-state index contributed by atoms with van der Waals surface area (Å²) in [5, 5.41) is 0. The van der Waals surface area contributed by atoms with Gasteiger partial charge in [-0.2, -0.15) is 0 Å². The van der Waals surface area contributed by atoms with Gasteiger partial charge in [-0.15, -0.1) is 0 Å². The normalized spacial score (nSPS) is 32.8. The fourth-order valence-electron chi connectivity index (χ4n) is 3.58. The molecule has 17 heavy (non-hydrogen) atoms. The van der Waals surface area contributed by atoms with Crippen LogP contribution in [0.25, 0.3) is 0 Å².